The lowest BCUT2D eigenvalue weighted by molar-refractivity contribution is -0.390. The van der Waals surface area contributed by atoms with Crippen LogP contribution in [-0.2, 0) is 0 Å². The molecule has 0 aromatic carbocycles. The van der Waals surface area contributed by atoms with Gasteiger partial charge in [-0.15, -0.1) is 5.10 Å². The van der Waals surface area contributed by atoms with E-state index in [9.17, 15) is 10.1 Å². The summed E-state index contributed by atoms with van der Waals surface area (Å²) in [5.74, 6) is 0.0560. The highest BCUT2D eigenvalue weighted by Crippen LogP contribution is 2.25. The van der Waals surface area contributed by atoms with Gasteiger partial charge >= 0.3 is 5.82 Å². The molecule has 0 saturated carbocycles. The summed E-state index contributed by atoms with van der Waals surface area (Å²) in [6, 6.07) is 0. The third kappa shape index (κ3) is 2.24. The van der Waals surface area contributed by atoms with Crippen LogP contribution in [0.25, 0.3) is 0 Å². The van der Waals surface area contributed by atoms with Crippen LogP contribution in [0.1, 0.15) is 12.8 Å². The number of nitrogens with one attached hydrogen (secondary N) is 2. The predicted octanol–water partition coefficient (Wildman–Crippen LogP) is 0.449. The Balaban J connectivity index is 2.03. The second kappa shape index (κ2) is 4.26. The molecular weight excluding hydrogens is 200 g/mol. The molecule has 1 aromatic rings. The van der Waals surface area contributed by atoms with Gasteiger partial charge in [0.25, 0.3) is 0 Å². The molecule has 2 heterocycles. The molecule has 0 unspecified atom stereocenters. The van der Waals surface area contributed by atoms with Gasteiger partial charge < -0.3 is 20.2 Å². The van der Waals surface area contributed by atoms with Crippen LogP contribution in [0.2, 0.25) is 0 Å². The van der Waals surface area contributed by atoms with Crippen LogP contribution >= 0.6 is 0 Å². The topological polar surface area (TPSA) is 93.1 Å². The zero-order valence-electron chi connectivity index (χ0n) is 8.10. The molecule has 1 aliphatic heterocycles. The Hall–Kier alpha value is -1.63. The van der Waals surface area contributed by atoms with Gasteiger partial charge in [-0.05, 0) is 30.9 Å². The summed E-state index contributed by atoms with van der Waals surface area (Å²) in [7, 11) is 0. The molecule has 15 heavy (non-hydrogen) atoms. The van der Waals surface area contributed by atoms with Crippen molar-refractivity contribution < 1.29 is 9.66 Å². The first kappa shape index (κ1) is 9.91. The summed E-state index contributed by atoms with van der Waals surface area (Å²) in [6.07, 6.45) is 3.12. The lowest BCUT2D eigenvalue weighted by atomic mass is 10.1. The van der Waals surface area contributed by atoms with Crippen molar-refractivity contribution in [3.63, 3.8) is 0 Å². The second-order valence-electron chi connectivity index (χ2n) is 3.41. The Bertz CT molecular complexity index is 345. The number of aromatic amines is 1. The summed E-state index contributed by atoms with van der Waals surface area (Å²) in [5.41, 5.74) is 0. The van der Waals surface area contributed by atoms with Crippen LogP contribution in [0.15, 0.2) is 6.20 Å². The Morgan fingerprint density at radius 1 is 1.53 bits per heavy atom. The first-order valence-electron chi connectivity index (χ1n) is 4.82. The Morgan fingerprint density at radius 2 is 2.27 bits per heavy atom. The maximum Gasteiger partial charge on any atom is 0.385 e. The van der Waals surface area contributed by atoms with Gasteiger partial charge in [-0.1, -0.05) is 5.10 Å². The lowest BCUT2D eigenvalue weighted by Crippen LogP contribution is -2.34. The Kier molecular flexibility index (Phi) is 2.82. The van der Waals surface area contributed by atoms with E-state index in [1.54, 1.807) is 0 Å². The van der Waals surface area contributed by atoms with Gasteiger partial charge in [-0.25, -0.2) is 0 Å². The number of piperidine rings is 1. The van der Waals surface area contributed by atoms with Crippen LogP contribution in [0.5, 0.6) is 5.75 Å². The van der Waals surface area contributed by atoms with Crippen molar-refractivity contribution in [3.05, 3.63) is 16.3 Å². The van der Waals surface area contributed by atoms with Crippen LogP contribution < -0.4 is 10.1 Å². The van der Waals surface area contributed by atoms with E-state index in [2.05, 4.69) is 15.5 Å². The van der Waals surface area contributed by atoms with E-state index in [4.69, 9.17) is 4.74 Å². The SMILES string of the molecule is O=[N+]([O-])c1[nH]ncc1OC1CCNCC1. The van der Waals surface area contributed by atoms with Crippen LogP contribution in [-0.4, -0.2) is 34.3 Å². The molecule has 0 radical (unpaired) electrons. The van der Waals surface area contributed by atoms with Crippen molar-refractivity contribution in [2.24, 2.45) is 0 Å². The fourth-order valence-electron chi connectivity index (χ4n) is 1.58. The number of aromatic nitrogens is 2. The van der Waals surface area contributed by atoms with E-state index < -0.39 is 4.92 Å². The minimum atomic E-state index is -0.524. The zero-order valence-corrected chi connectivity index (χ0v) is 8.10. The zero-order chi connectivity index (χ0) is 10.7. The summed E-state index contributed by atoms with van der Waals surface area (Å²) in [5, 5.41) is 19.7. The van der Waals surface area contributed by atoms with Gasteiger partial charge in [0.2, 0.25) is 5.75 Å². The molecule has 2 N–H and O–H groups in total. The van der Waals surface area contributed by atoms with E-state index in [1.165, 1.54) is 6.20 Å². The van der Waals surface area contributed by atoms with Gasteiger partial charge in [0, 0.05) is 0 Å². The third-order valence-electron chi connectivity index (χ3n) is 2.35. The highest BCUT2D eigenvalue weighted by molar-refractivity contribution is 5.36. The van der Waals surface area contributed by atoms with Gasteiger partial charge in [0.15, 0.2) is 0 Å². The number of hydrogen-bond donors (Lipinski definition) is 2. The molecule has 2 rings (SSSR count). The molecule has 7 heteroatoms. The molecule has 0 spiro atoms. The maximum absolute atomic E-state index is 10.6. The number of H-pyrrole nitrogens is 1. The van der Waals surface area contributed by atoms with Gasteiger partial charge in [0.1, 0.15) is 12.3 Å². The smallest absolute Gasteiger partial charge is 0.385 e. The average Bonchev–Trinajstić information content (AvgIpc) is 2.67. The Morgan fingerprint density at radius 3 is 2.93 bits per heavy atom. The molecule has 1 saturated heterocycles. The van der Waals surface area contributed by atoms with Crippen molar-refractivity contribution in [1.82, 2.24) is 15.5 Å². The fourth-order valence-corrected chi connectivity index (χ4v) is 1.58. The molecule has 7 nitrogen and oxygen atoms in total. The van der Waals surface area contributed by atoms with Crippen molar-refractivity contribution in [3.8, 4) is 5.75 Å². The third-order valence-corrected chi connectivity index (χ3v) is 2.35. The quantitative estimate of drug-likeness (QED) is 0.560. The van der Waals surface area contributed by atoms with Crippen molar-refractivity contribution in [2.75, 3.05) is 13.1 Å². The highest BCUT2D eigenvalue weighted by Gasteiger charge is 2.21. The van der Waals surface area contributed by atoms with Gasteiger partial charge in [0.05, 0.1) is 0 Å². The molecule has 1 aliphatic rings. The highest BCUT2D eigenvalue weighted by atomic mass is 16.6. The van der Waals surface area contributed by atoms with Crippen LogP contribution in [0, 0.1) is 10.1 Å². The minimum Gasteiger partial charge on any atom is -0.481 e. The molecule has 0 aliphatic carbocycles. The number of rotatable bonds is 3. The number of nitrogens with zero attached hydrogens (tertiary/aromatic N) is 2. The molecule has 1 fully saturated rings. The van der Waals surface area contributed by atoms with E-state index >= 15 is 0 Å². The van der Waals surface area contributed by atoms with E-state index in [0.29, 0.717) is 0 Å². The van der Waals surface area contributed by atoms with Crippen molar-refractivity contribution in [2.45, 2.75) is 18.9 Å². The molecule has 0 bridgehead atoms. The van der Waals surface area contributed by atoms with Gasteiger partial charge in [-0.3, -0.25) is 0 Å². The first-order chi connectivity index (χ1) is 7.27. The monoisotopic (exact) mass is 212 g/mol. The van der Waals surface area contributed by atoms with Crippen molar-refractivity contribution in [1.29, 1.82) is 0 Å². The average molecular weight is 212 g/mol. The molecule has 82 valence electrons. The lowest BCUT2D eigenvalue weighted by Gasteiger charge is -2.22. The maximum atomic E-state index is 10.6. The van der Waals surface area contributed by atoms with E-state index in [1.807, 2.05) is 0 Å². The molecular formula is C8H12N4O3. The van der Waals surface area contributed by atoms with Gasteiger partial charge in [-0.2, -0.15) is 0 Å². The van der Waals surface area contributed by atoms with Crippen LogP contribution in [0.3, 0.4) is 0 Å². The molecule has 0 amide bonds. The fraction of sp³-hybridized carbons (Fsp3) is 0.625. The minimum absolute atomic E-state index is 0.0440. The number of ether oxygens (including phenoxy) is 1. The summed E-state index contributed by atoms with van der Waals surface area (Å²) in [4.78, 5) is 10.0. The molecule has 0 atom stereocenters. The summed E-state index contributed by atoms with van der Waals surface area (Å²) >= 11 is 0. The number of nitro groups is 1. The predicted molar refractivity (Wildman–Crippen MR) is 51.8 cm³/mol. The number of hydrogen-bond acceptors (Lipinski definition) is 5. The second-order valence-corrected chi connectivity index (χ2v) is 3.41. The largest absolute Gasteiger partial charge is 0.481 e. The van der Waals surface area contributed by atoms with Crippen LogP contribution in [0.4, 0.5) is 5.82 Å². The normalized spacial score (nSPS) is 17.6. The van der Waals surface area contributed by atoms with E-state index in [0.717, 1.165) is 25.9 Å². The molecule has 1 aromatic heterocycles. The van der Waals surface area contributed by atoms with Crippen molar-refractivity contribution >= 4 is 5.82 Å². The summed E-state index contributed by atoms with van der Waals surface area (Å²) in [6.45, 7) is 1.77. The van der Waals surface area contributed by atoms with E-state index in [-0.39, 0.29) is 17.7 Å². The summed E-state index contributed by atoms with van der Waals surface area (Å²) < 4.78 is 5.51. The Labute approximate surface area is 86.0 Å². The first-order valence-corrected chi connectivity index (χ1v) is 4.82. The standard InChI is InChI=1S/C8H12N4O3/c13-12(14)8-7(5-10-11-8)15-6-1-3-9-4-2-6/h5-6,9H,1-4H2,(H,10,11).